The zero-order valence-corrected chi connectivity index (χ0v) is 22.4. The first-order valence-corrected chi connectivity index (χ1v) is 12.2. The van der Waals surface area contributed by atoms with Crippen LogP contribution in [0.25, 0.3) is 11.1 Å². The third kappa shape index (κ3) is 8.66. The van der Waals surface area contributed by atoms with E-state index in [0.717, 1.165) is 4.90 Å². The van der Waals surface area contributed by atoms with Crippen molar-refractivity contribution >= 4 is 17.9 Å². The van der Waals surface area contributed by atoms with Crippen molar-refractivity contribution in [3.05, 3.63) is 59.9 Å². The summed E-state index contributed by atoms with van der Waals surface area (Å²) in [4.78, 5) is 29.7. The Balaban J connectivity index is 2.18. The van der Waals surface area contributed by atoms with Crippen LogP contribution in [0, 0.1) is 5.82 Å². The Kier molecular flexibility index (Phi) is 9.88. The molecule has 2 rings (SSSR count). The van der Waals surface area contributed by atoms with Crippen LogP contribution in [0.5, 0.6) is 0 Å². The number of hydrogen-bond acceptors (Lipinski definition) is 6. The van der Waals surface area contributed by atoms with Crippen LogP contribution >= 0.6 is 0 Å². The Morgan fingerprint density at radius 1 is 1.22 bits per heavy atom. The molecule has 1 aromatic carbocycles. The fraction of sp³-hybridized carbons (Fsp3) is 0.444. The molecule has 0 aliphatic heterocycles. The Labute approximate surface area is 217 Å². The molecule has 0 saturated carbocycles. The minimum Gasteiger partial charge on any atom is -0.465 e. The number of carbonyl (C=O) groups is 2. The van der Waals surface area contributed by atoms with Crippen molar-refractivity contribution in [2.24, 2.45) is 5.73 Å². The lowest BCUT2D eigenvalue weighted by Crippen LogP contribution is -2.45. The van der Waals surface area contributed by atoms with E-state index in [4.69, 9.17) is 10.5 Å². The van der Waals surface area contributed by atoms with Crippen LogP contribution in [0.15, 0.2) is 48.4 Å². The molecule has 0 fully saturated rings. The number of nitrogens with two attached hydrogens (primary N) is 1. The summed E-state index contributed by atoms with van der Waals surface area (Å²) in [5.74, 6) is -0.566. The van der Waals surface area contributed by atoms with Crippen LogP contribution in [0.2, 0.25) is 0 Å². The molecular formula is C27H38FN5O4. The van der Waals surface area contributed by atoms with Crippen molar-refractivity contribution in [3.8, 4) is 11.1 Å². The van der Waals surface area contributed by atoms with E-state index in [0.29, 0.717) is 36.3 Å². The molecule has 0 bridgehead atoms. The lowest BCUT2D eigenvalue weighted by atomic mass is 9.93. The van der Waals surface area contributed by atoms with E-state index in [1.807, 2.05) is 13.8 Å². The highest BCUT2D eigenvalue weighted by Crippen LogP contribution is 2.29. The van der Waals surface area contributed by atoms with Gasteiger partial charge in [0.25, 0.3) is 0 Å². The highest BCUT2D eigenvalue weighted by atomic mass is 19.1. The molecule has 1 aromatic heterocycles. The molecule has 37 heavy (non-hydrogen) atoms. The second kappa shape index (κ2) is 12.4. The average Bonchev–Trinajstić information content (AvgIpc) is 2.79. The number of nitrogens with zero attached hydrogens (tertiary/aromatic N) is 2. The second-order valence-electron chi connectivity index (χ2n) is 10.0. The van der Waals surface area contributed by atoms with Gasteiger partial charge in [0.15, 0.2) is 0 Å². The van der Waals surface area contributed by atoms with E-state index >= 15 is 4.39 Å². The zero-order valence-electron chi connectivity index (χ0n) is 22.4. The molecule has 0 aliphatic rings. The number of amides is 2. The maximum Gasteiger partial charge on any atom is 0.411 e. The number of carboxylic acid groups (broad SMARTS) is 1. The maximum atomic E-state index is 15.1. The lowest BCUT2D eigenvalue weighted by molar-refractivity contribution is 0.0455. The van der Waals surface area contributed by atoms with E-state index in [2.05, 4.69) is 15.6 Å². The number of benzene rings is 1. The number of nitrogens with one attached hydrogen (secondary N) is 2. The van der Waals surface area contributed by atoms with Crippen LogP contribution in [-0.2, 0) is 10.3 Å². The third-order valence-corrected chi connectivity index (χ3v) is 5.65. The number of aromatic nitrogens is 1. The van der Waals surface area contributed by atoms with E-state index in [9.17, 15) is 14.7 Å². The number of rotatable bonds is 10. The predicted molar refractivity (Wildman–Crippen MR) is 143 cm³/mol. The first-order chi connectivity index (χ1) is 17.3. The molecule has 9 nitrogen and oxygen atoms in total. The number of carbonyl (C=O) groups excluding carboxylic acids is 1. The normalized spacial score (nSPS) is 13.4. The molecule has 0 saturated heterocycles. The Bertz CT molecular complexity index is 1110. The van der Waals surface area contributed by atoms with Crippen LogP contribution in [0.4, 0.5) is 19.7 Å². The van der Waals surface area contributed by atoms with Gasteiger partial charge in [-0.15, -0.1) is 0 Å². The van der Waals surface area contributed by atoms with Crippen LogP contribution < -0.4 is 21.3 Å². The Morgan fingerprint density at radius 3 is 2.43 bits per heavy atom. The van der Waals surface area contributed by atoms with Gasteiger partial charge in [0.1, 0.15) is 11.4 Å². The van der Waals surface area contributed by atoms with Gasteiger partial charge in [0, 0.05) is 48.0 Å². The van der Waals surface area contributed by atoms with Crippen molar-refractivity contribution in [3.63, 3.8) is 0 Å². The third-order valence-electron chi connectivity index (χ3n) is 5.65. The number of allylic oxidation sites excluding steroid dienone is 1. The molecule has 1 atom stereocenters. The minimum atomic E-state index is -1.17. The largest absolute Gasteiger partial charge is 0.465 e. The molecular weight excluding hydrogens is 477 g/mol. The number of alkyl carbamates (subject to hydrolysis) is 1. The summed E-state index contributed by atoms with van der Waals surface area (Å²) in [5.41, 5.74) is 6.42. The molecule has 5 N–H and O–H groups in total. The highest BCUT2D eigenvalue weighted by Gasteiger charge is 2.30. The average molecular weight is 516 g/mol. The lowest BCUT2D eigenvalue weighted by Gasteiger charge is -2.30. The Hall–Kier alpha value is -3.82. The zero-order chi connectivity index (χ0) is 27.8. The Morgan fingerprint density at radius 2 is 1.92 bits per heavy atom. The van der Waals surface area contributed by atoms with E-state index < -0.39 is 29.1 Å². The monoisotopic (exact) mass is 515 g/mol. The second-order valence-corrected chi connectivity index (χ2v) is 10.0. The summed E-state index contributed by atoms with van der Waals surface area (Å²) >= 11 is 0. The first kappa shape index (κ1) is 29.4. The highest BCUT2D eigenvalue weighted by molar-refractivity contribution is 5.86. The SMILES string of the molecule is CCC(C)(NC(=O)OC(C)(C)C)c1ccc(-c2ccc(N(CCCN/C=C(/C)N)C(=O)O)cc2F)cn1. The molecule has 0 spiro atoms. The quantitative estimate of drug-likeness (QED) is 0.315. The summed E-state index contributed by atoms with van der Waals surface area (Å²) in [5, 5.41) is 15.5. The van der Waals surface area contributed by atoms with Gasteiger partial charge < -0.3 is 26.2 Å². The van der Waals surface area contributed by atoms with E-state index in [1.54, 1.807) is 52.1 Å². The van der Waals surface area contributed by atoms with Crippen molar-refractivity contribution in [1.29, 1.82) is 0 Å². The fourth-order valence-electron chi connectivity index (χ4n) is 3.56. The summed E-state index contributed by atoms with van der Waals surface area (Å²) in [6.07, 6.45) is 2.54. The van der Waals surface area contributed by atoms with Gasteiger partial charge >= 0.3 is 12.2 Å². The van der Waals surface area contributed by atoms with Gasteiger partial charge in [-0.3, -0.25) is 9.88 Å². The van der Waals surface area contributed by atoms with Gasteiger partial charge in [0.05, 0.1) is 11.2 Å². The summed E-state index contributed by atoms with van der Waals surface area (Å²) in [6, 6.07) is 7.76. The smallest absolute Gasteiger partial charge is 0.411 e. The van der Waals surface area contributed by atoms with Crippen LogP contribution in [-0.4, -0.2) is 41.0 Å². The molecule has 2 amide bonds. The number of halogens is 1. The molecule has 10 heteroatoms. The number of ether oxygens (including phenoxy) is 1. The van der Waals surface area contributed by atoms with Crippen molar-refractivity contribution in [2.75, 3.05) is 18.0 Å². The minimum absolute atomic E-state index is 0.190. The first-order valence-electron chi connectivity index (χ1n) is 12.2. The molecule has 1 heterocycles. The van der Waals surface area contributed by atoms with Gasteiger partial charge in [-0.2, -0.15) is 0 Å². The molecule has 202 valence electrons. The van der Waals surface area contributed by atoms with Gasteiger partial charge in [-0.1, -0.05) is 13.0 Å². The molecule has 2 aromatic rings. The van der Waals surface area contributed by atoms with Crippen LogP contribution in [0.3, 0.4) is 0 Å². The van der Waals surface area contributed by atoms with E-state index in [1.165, 1.54) is 18.3 Å². The number of hydrogen-bond donors (Lipinski definition) is 4. The van der Waals surface area contributed by atoms with Gasteiger partial charge in [-0.05, 0) is 71.7 Å². The van der Waals surface area contributed by atoms with Gasteiger partial charge in [0.2, 0.25) is 0 Å². The van der Waals surface area contributed by atoms with Gasteiger partial charge in [-0.25, -0.2) is 14.0 Å². The standard InChI is InChI=1S/C27H38FN5O4/c1-7-27(6,32-24(34)37-26(3,4)5)23-12-9-19(17-31-23)21-11-10-20(15-22(21)28)33(25(35)36)14-8-13-30-16-18(2)29/h9-12,15-17,30H,7-8,13-14,29H2,1-6H3,(H,32,34)(H,35,36)/b18-16-. The molecule has 0 aliphatic carbocycles. The van der Waals surface area contributed by atoms with Crippen molar-refractivity contribution < 1.29 is 23.8 Å². The topological polar surface area (TPSA) is 130 Å². The van der Waals surface area contributed by atoms with Crippen LogP contribution in [0.1, 0.15) is 60.1 Å². The number of pyridine rings is 1. The fourth-order valence-corrected chi connectivity index (χ4v) is 3.56. The summed E-state index contributed by atoms with van der Waals surface area (Å²) in [6.45, 7) is 11.6. The maximum absolute atomic E-state index is 15.1. The van der Waals surface area contributed by atoms with Crippen molar-refractivity contribution in [2.45, 2.75) is 65.5 Å². The summed E-state index contributed by atoms with van der Waals surface area (Å²) < 4.78 is 20.4. The van der Waals surface area contributed by atoms with Crippen molar-refractivity contribution in [1.82, 2.24) is 15.6 Å². The molecule has 0 radical (unpaired) electrons. The molecule has 1 unspecified atom stereocenters. The van der Waals surface area contributed by atoms with E-state index in [-0.39, 0.29) is 17.8 Å². The summed E-state index contributed by atoms with van der Waals surface area (Å²) in [7, 11) is 0. The number of anilines is 1. The predicted octanol–water partition coefficient (Wildman–Crippen LogP) is 5.32.